The summed E-state index contributed by atoms with van der Waals surface area (Å²) in [5.74, 6) is 2.20. The minimum atomic E-state index is -0.624. The molecule has 1 unspecified atom stereocenters. The molecular formula is C33H50N6O3S2. The molecule has 9 nitrogen and oxygen atoms in total. The number of rotatable bonds is 14. The van der Waals surface area contributed by atoms with Crippen molar-refractivity contribution in [3.63, 3.8) is 0 Å². The highest BCUT2D eigenvalue weighted by atomic mass is 32.3. The average molecular weight is 643 g/mol. The highest BCUT2D eigenvalue weighted by molar-refractivity contribution is 8.32. The fourth-order valence-electron chi connectivity index (χ4n) is 5.75. The third-order valence-electron chi connectivity index (χ3n) is 8.43. The van der Waals surface area contributed by atoms with Crippen molar-refractivity contribution in [2.75, 3.05) is 48.5 Å². The molecule has 3 aromatic rings. The molecule has 0 radical (unpaired) electrons. The lowest BCUT2D eigenvalue weighted by molar-refractivity contribution is -0.119. The molecule has 4 rings (SSSR count). The molecule has 242 valence electrons. The molecule has 0 aliphatic heterocycles. The van der Waals surface area contributed by atoms with Crippen LogP contribution in [0.5, 0.6) is 0 Å². The van der Waals surface area contributed by atoms with Crippen molar-refractivity contribution in [3.05, 3.63) is 53.6 Å². The Morgan fingerprint density at radius 2 is 1.77 bits per heavy atom. The second kappa shape index (κ2) is 15.5. The molecule has 1 fully saturated rings. The zero-order chi connectivity index (χ0) is 31.9. The van der Waals surface area contributed by atoms with Crippen LogP contribution in [0.1, 0.15) is 54.5 Å². The Morgan fingerprint density at radius 3 is 2.43 bits per heavy atom. The number of benzene rings is 1. The van der Waals surface area contributed by atoms with Crippen LogP contribution in [0.15, 0.2) is 36.5 Å². The maximum atomic E-state index is 13.7. The van der Waals surface area contributed by atoms with Gasteiger partial charge in [-0.2, -0.15) is 22.0 Å². The van der Waals surface area contributed by atoms with Crippen molar-refractivity contribution in [1.82, 2.24) is 24.9 Å². The number of aromatic nitrogens is 4. The Balaban J connectivity index is 1.45. The third-order valence-corrected chi connectivity index (χ3v) is 10.4. The van der Waals surface area contributed by atoms with E-state index in [0.717, 1.165) is 66.3 Å². The summed E-state index contributed by atoms with van der Waals surface area (Å²) in [6.07, 6.45) is 14.5. The lowest BCUT2D eigenvalue weighted by Gasteiger charge is -2.32. The number of hydrogen-bond donors (Lipinski definition) is 2. The van der Waals surface area contributed by atoms with Gasteiger partial charge in [-0.3, -0.25) is 14.3 Å². The van der Waals surface area contributed by atoms with Gasteiger partial charge in [0.15, 0.2) is 0 Å². The fourth-order valence-corrected chi connectivity index (χ4v) is 6.73. The molecule has 1 aliphatic carbocycles. The van der Waals surface area contributed by atoms with E-state index in [9.17, 15) is 9.59 Å². The minimum absolute atomic E-state index is 0.0835. The zero-order valence-electron chi connectivity index (χ0n) is 27.4. The van der Waals surface area contributed by atoms with Gasteiger partial charge in [0.25, 0.3) is 5.91 Å². The van der Waals surface area contributed by atoms with E-state index in [1.54, 1.807) is 28.7 Å². The van der Waals surface area contributed by atoms with E-state index in [1.807, 2.05) is 42.1 Å². The lowest BCUT2D eigenvalue weighted by atomic mass is 9.79. The van der Waals surface area contributed by atoms with Gasteiger partial charge in [-0.15, -0.1) is 0 Å². The zero-order valence-corrected chi connectivity index (χ0v) is 29.0. The topological polar surface area (TPSA) is 103 Å². The summed E-state index contributed by atoms with van der Waals surface area (Å²) in [5, 5.41) is 15.2. The quantitative estimate of drug-likeness (QED) is 0.211. The van der Waals surface area contributed by atoms with Crippen LogP contribution >= 0.6 is 21.8 Å². The molecule has 44 heavy (non-hydrogen) atoms. The predicted molar refractivity (Wildman–Crippen MR) is 185 cm³/mol. The summed E-state index contributed by atoms with van der Waals surface area (Å²) >= 11 is 1.70. The van der Waals surface area contributed by atoms with Crippen molar-refractivity contribution < 1.29 is 14.3 Å². The minimum Gasteiger partial charge on any atom is -0.358 e. The Bertz CT molecular complexity index is 1390. The highest BCUT2D eigenvalue weighted by Gasteiger charge is 2.33. The van der Waals surface area contributed by atoms with Gasteiger partial charge >= 0.3 is 0 Å². The van der Waals surface area contributed by atoms with Gasteiger partial charge in [-0.25, -0.2) is 14.7 Å². The molecule has 1 aliphatic rings. The van der Waals surface area contributed by atoms with E-state index in [4.69, 9.17) is 9.84 Å². The molecular weight excluding hydrogens is 593 g/mol. The molecule has 2 aromatic heterocycles. The number of amides is 2. The number of ether oxygens (including phenoxy) is 1. The fraction of sp³-hybridized carbons (Fsp3) is 0.576. The summed E-state index contributed by atoms with van der Waals surface area (Å²) in [7, 11) is -0.593. The van der Waals surface area contributed by atoms with Gasteiger partial charge in [-0.1, -0.05) is 31.9 Å². The summed E-state index contributed by atoms with van der Waals surface area (Å²) in [6.45, 7) is 8.13. The molecule has 0 spiro atoms. The molecule has 2 N–H and O–H groups in total. The van der Waals surface area contributed by atoms with Crippen molar-refractivity contribution in [2.45, 2.75) is 65.8 Å². The molecule has 0 saturated heterocycles. The van der Waals surface area contributed by atoms with Gasteiger partial charge in [0.1, 0.15) is 18.5 Å². The van der Waals surface area contributed by atoms with Gasteiger partial charge in [0.05, 0.1) is 18.8 Å². The van der Waals surface area contributed by atoms with Crippen molar-refractivity contribution >= 4 is 39.3 Å². The van der Waals surface area contributed by atoms with E-state index < -0.39 is 16.1 Å². The Hall–Kier alpha value is -2.76. The van der Waals surface area contributed by atoms with E-state index in [1.165, 1.54) is 0 Å². The average Bonchev–Trinajstić information content (AvgIpc) is 3.56. The SMILES string of the molecule is CSCCn1nccc1C(=O)NC(C(=O)Nc1ccc(-c2c(C)nn(COCCS(C)(C)C)c2C)cc1)C1CCC(C)CC1. The second-order valence-corrected chi connectivity index (χ2v) is 18.4. The maximum Gasteiger partial charge on any atom is 0.270 e. The Morgan fingerprint density at radius 1 is 1.07 bits per heavy atom. The van der Waals surface area contributed by atoms with Crippen LogP contribution in [0.2, 0.25) is 0 Å². The first-order chi connectivity index (χ1) is 21.0. The summed E-state index contributed by atoms with van der Waals surface area (Å²) in [4.78, 5) is 27.1. The number of thioether (sulfide) groups is 1. The first-order valence-electron chi connectivity index (χ1n) is 15.5. The van der Waals surface area contributed by atoms with E-state index in [0.29, 0.717) is 30.6 Å². The molecule has 0 bridgehead atoms. The van der Waals surface area contributed by atoms with E-state index >= 15 is 0 Å². The number of nitrogens with zero attached hydrogens (tertiary/aromatic N) is 4. The number of hydrogen-bond acceptors (Lipinski definition) is 6. The smallest absolute Gasteiger partial charge is 0.270 e. The molecule has 1 saturated carbocycles. The first-order valence-corrected chi connectivity index (χ1v) is 19.9. The highest BCUT2D eigenvalue weighted by Crippen LogP contribution is 2.34. The first kappa shape index (κ1) is 34.1. The summed E-state index contributed by atoms with van der Waals surface area (Å²) in [6, 6.07) is 8.97. The molecule has 2 heterocycles. The van der Waals surface area contributed by atoms with Crippen molar-refractivity contribution in [2.24, 2.45) is 11.8 Å². The molecule has 11 heteroatoms. The molecule has 1 atom stereocenters. The monoisotopic (exact) mass is 642 g/mol. The maximum absolute atomic E-state index is 13.7. The van der Waals surface area contributed by atoms with Gasteiger partial charge in [-0.05, 0) is 87.3 Å². The normalized spacial score (nSPS) is 18.2. The van der Waals surface area contributed by atoms with Crippen LogP contribution in [-0.4, -0.2) is 80.6 Å². The number of anilines is 1. The van der Waals surface area contributed by atoms with Crippen LogP contribution < -0.4 is 10.6 Å². The van der Waals surface area contributed by atoms with E-state index in [2.05, 4.69) is 48.3 Å². The standard InChI is InChI=1S/C33H50N6O3S2/c1-23-8-10-27(11-9-23)31(36-32(40)29-16-17-34-38(29)18-20-43-4)33(41)35-28-14-12-26(13-15-28)30-24(2)37-39(25(30)3)22-42-19-21-44(5,6)7/h12-17,23,27,31H,8-11,18-22H2,1-7H3,(H,35,41)(H,36,40). The van der Waals surface area contributed by atoms with Crippen molar-refractivity contribution in [3.8, 4) is 11.1 Å². The Labute approximate surface area is 268 Å². The predicted octanol–water partition coefficient (Wildman–Crippen LogP) is 5.96. The molecule has 1 aromatic carbocycles. The Kier molecular flexibility index (Phi) is 12.0. The van der Waals surface area contributed by atoms with Crippen LogP contribution in [0.25, 0.3) is 11.1 Å². The number of aryl methyl sites for hydroxylation is 2. The van der Waals surface area contributed by atoms with E-state index in [-0.39, 0.29) is 17.7 Å². The van der Waals surface area contributed by atoms with Crippen LogP contribution in [0, 0.1) is 25.7 Å². The largest absolute Gasteiger partial charge is 0.358 e. The van der Waals surface area contributed by atoms with Crippen molar-refractivity contribution in [1.29, 1.82) is 0 Å². The van der Waals surface area contributed by atoms with Crippen LogP contribution in [-0.2, 0) is 22.8 Å². The lowest BCUT2D eigenvalue weighted by Crippen LogP contribution is -2.49. The third kappa shape index (κ3) is 9.14. The van der Waals surface area contributed by atoms with Gasteiger partial charge < -0.3 is 15.4 Å². The molecule has 2 amide bonds. The van der Waals surface area contributed by atoms with Crippen LogP contribution in [0.3, 0.4) is 0 Å². The number of nitrogens with one attached hydrogen (secondary N) is 2. The van der Waals surface area contributed by atoms with Crippen LogP contribution in [0.4, 0.5) is 5.69 Å². The number of carbonyl (C=O) groups is 2. The second-order valence-electron chi connectivity index (χ2n) is 12.8. The van der Waals surface area contributed by atoms with Gasteiger partial charge in [0, 0.05) is 34.6 Å². The van der Waals surface area contributed by atoms with Gasteiger partial charge in [0.2, 0.25) is 5.91 Å². The summed E-state index contributed by atoms with van der Waals surface area (Å²) in [5.41, 5.74) is 5.28. The number of carbonyl (C=O) groups excluding carboxylic acids is 2. The summed E-state index contributed by atoms with van der Waals surface area (Å²) < 4.78 is 9.57.